The second-order valence-electron chi connectivity index (χ2n) is 4.49. The Bertz CT molecular complexity index is 563. The van der Waals surface area contributed by atoms with E-state index in [1.807, 2.05) is 28.8 Å². The van der Waals surface area contributed by atoms with E-state index in [1.54, 1.807) is 0 Å². The topological polar surface area (TPSA) is 75.3 Å². The van der Waals surface area contributed by atoms with Crippen LogP contribution in [0.5, 0.6) is 0 Å². The van der Waals surface area contributed by atoms with Crippen LogP contribution in [0.3, 0.4) is 0 Å². The van der Waals surface area contributed by atoms with Crippen molar-refractivity contribution in [3.63, 3.8) is 0 Å². The minimum absolute atomic E-state index is 0.0906. The molecular formula is C14H18N2O3. The lowest BCUT2D eigenvalue weighted by Crippen LogP contribution is -2.08. The number of unbranched alkanes of at least 4 members (excludes halogenated alkanes) is 1. The lowest BCUT2D eigenvalue weighted by molar-refractivity contribution is -0.137. The fourth-order valence-corrected chi connectivity index (χ4v) is 2.17. The molecule has 0 saturated heterocycles. The highest BCUT2D eigenvalue weighted by Gasteiger charge is 2.11. The van der Waals surface area contributed by atoms with Crippen LogP contribution in [-0.2, 0) is 17.8 Å². The molecule has 0 amide bonds. The van der Waals surface area contributed by atoms with E-state index < -0.39 is 5.97 Å². The van der Waals surface area contributed by atoms with E-state index in [0.717, 1.165) is 36.1 Å². The molecule has 0 spiro atoms. The van der Waals surface area contributed by atoms with Crippen molar-refractivity contribution in [1.29, 1.82) is 0 Å². The maximum Gasteiger partial charge on any atom is 0.305 e. The summed E-state index contributed by atoms with van der Waals surface area (Å²) in [5.41, 5.74) is 1.87. The SMILES string of the molecule is O=C(O)CCn1c(CCCCO)nc2ccccc21. The minimum atomic E-state index is -0.806. The predicted molar refractivity (Wildman–Crippen MR) is 72.0 cm³/mol. The summed E-state index contributed by atoms with van der Waals surface area (Å²) >= 11 is 0. The molecule has 0 fully saturated rings. The minimum Gasteiger partial charge on any atom is -0.481 e. The fourth-order valence-electron chi connectivity index (χ4n) is 2.17. The summed E-state index contributed by atoms with van der Waals surface area (Å²) in [5, 5.41) is 17.6. The van der Waals surface area contributed by atoms with Gasteiger partial charge in [0.15, 0.2) is 0 Å². The molecule has 0 unspecified atom stereocenters. The number of aryl methyl sites for hydroxylation is 2. The Morgan fingerprint density at radius 2 is 2.05 bits per heavy atom. The molecule has 2 N–H and O–H groups in total. The van der Waals surface area contributed by atoms with Gasteiger partial charge in [0.2, 0.25) is 0 Å². The summed E-state index contributed by atoms with van der Waals surface area (Å²) in [6, 6.07) is 7.75. The molecule has 0 saturated carbocycles. The van der Waals surface area contributed by atoms with Crippen LogP contribution in [0, 0.1) is 0 Å². The number of benzene rings is 1. The van der Waals surface area contributed by atoms with Crippen molar-refractivity contribution in [1.82, 2.24) is 9.55 Å². The predicted octanol–water partition coefficient (Wildman–Crippen LogP) is 1.83. The van der Waals surface area contributed by atoms with Crippen LogP contribution >= 0.6 is 0 Å². The van der Waals surface area contributed by atoms with Gasteiger partial charge in [0.05, 0.1) is 17.5 Å². The summed E-state index contributed by atoms with van der Waals surface area (Å²) < 4.78 is 1.97. The second-order valence-corrected chi connectivity index (χ2v) is 4.49. The number of rotatable bonds is 7. The van der Waals surface area contributed by atoms with E-state index in [2.05, 4.69) is 4.98 Å². The van der Waals surface area contributed by atoms with Crippen LogP contribution in [0.4, 0.5) is 0 Å². The van der Waals surface area contributed by atoms with Gasteiger partial charge >= 0.3 is 5.97 Å². The standard InChI is InChI=1S/C14H18N2O3/c17-10-4-3-7-13-15-11-5-1-2-6-12(11)16(13)9-8-14(18)19/h1-2,5-6,17H,3-4,7-10H2,(H,18,19). The molecule has 0 aliphatic heterocycles. The lowest BCUT2D eigenvalue weighted by Gasteiger charge is -2.07. The third kappa shape index (κ3) is 3.32. The Balaban J connectivity index is 2.26. The van der Waals surface area contributed by atoms with Crippen molar-refractivity contribution < 1.29 is 15.0 Å². The summed E-state index contributed by atoms with van der Waals surface area (Å²) in [6.07, 6.45) is 2.44. The molecule has 2 aromatic rings. The molecule has 0 aliphatic rings. The van der Waals surface area contributed by atoms with Gasteiger partial charge in [-0.3, -0.25) is 4.79 Å². The fraction of sp³-hybridized carbons (Fsp3) is 0.429. The van der Waals surface area contributed by atoms with Gasteiger partial charge in [0.25, 0.3) is 0 Å². The number of para-hydroxylation sites is 2. The molecule has 0 atom stereocenters. The molecule has 0 radical (unpaired) electrons. The van der Waals surface area contributed by atoms with E-state index in [4.69, 9.17) is 10.2 Å². The quantitative estimate of drug-likeness (QED) is 0.746. The van der Waals surface area contributed by atoms with Gasteiger partial charge < -0.3 is 14.8 Å². The average molecular weight is 262 g/mol. The molecule has 1 aromatic heterocycles. The van der Waals surface area contributed by atoms with Gasteiger partial charge in [-0.15, -0.1) is 0 Å². The zero-order chi connectivity index (χ0) is 13.7. The molecule has 102 valence electrons. The number of aromatic nitrogens is 2. The smallest absolute Gasteiger partial charge is 0.305 e. The van der Waals surface area contributed by atoms with E-state index in [-0.39, 0.29) is 13.0 Å². The summed E-state index contributed by atoms with van der Waals surface area (Å²) in [4.78, 5) is 15.3. The van der Waals surface area contributed by atoms with Crippen molar-refractivity contribution in [3.8, 4) is 0 Å². The van der Waals surface area contributed by atoms with E-state index in [0.29, 0.717) is 6.54 Å². The van der Waals surface area contributed by atoms with Crippen molar-refractivity contribution in [2.75, 3.05) is 6.61 Å². The lowest BCUT2D eigenvalue weighted by atomic mass is 10.2. The highest BCUT2D eigenvalue weighted by molar-refractivity contribution is 5.76. The number of imidazole rings is 1. The Labute approximate surface area is 111 Å². The summed E-state index contributed by atoms with van der Waals surface area (Å²) in [5.74, 6) is 0.0926. The van der Waals surface area contributed by atoms with Gasteiger partial charge in [0.1, 0.15) is 5.82 Å². The van der Waals surface area contributed by atoms with Gasteiger partial charge in [-0.1, -0.05) is 12.1 Å². The van der Waals surface area contributed by atoms with Gasteiger partial charge in [0, 0.05) is 19.6 Å². The largest absolute Gasteiger partial charge is 0.481 e. The molecule has 5 nitrogen and oxygen atoms in total. The first-order valence-electron chi connectivity index (χ1n) is 6.49. The number of aliphatic hydroxyl groups excluding tert-OH is 1. The Hall–Kier alpha value is -1.88. The Kier molecular flexibility index (Phi) is 4.52. The molecule has 5 heteroatoms. The van der Waals surface area contributed by atoms with Gasteiger partial charge in [-0.2, -0.15) is 0 Å². The molecular weight excluding hydrogens is 244 g/mol. The molecule has 1 heterocycles. The summed E-state index contributed by atoms with van der Waals surface area (Å²) in [6.45, 7) is 0.611. The first kappa shape index (κ1) is 13.5. The van der Waals surface area contributed by atoms with E-state index >= 15 is 0 Å². The molecule has 1 aromatic carbocycles. The Morgan fingerprint density at radius 1 is 1.26 bits per heavy atom. The first-order valence-corrected chi connectivity index (χ1v) is 6.49. The van der Waals surface area contributed by atoms with Crippen LogP contribution < -0.4 is 0 Å². The zero-order valence-electron chi connectivity index (χ0n) is 10.7. The number of carbonyl (C=O) groups is 1. The number of fused-ring (bicyclic) bond motifs is 1. The average Bonchev–Trinajstić information content (AvgIpc) is 2.74. The number of aliphatic hydroxyl groups is 1. The first-order chi connectivity index (χ1) is 9.22. The van der Waals surface area contributed by atoms with Crippen LogP contribution in [0.1, 0.15) is 25.1 Å². The second kappa shape index (κ2) is 6.33. The van der Waals surface area contributed by atoms with E-state index in [9.17, 15) is 4.79 Å². The Morgan fingerprint density at radius 3 is 2.79 bits per heavy atom. The maximum atomic E-state index is 10.7. The van der Waals surface area contributed by atoms with Crippen LogP contribution in [0.2, 0.25) is 0 Å². The number of hydrogen-bond donors (Lipinski definition) is 2. The number of hydrogen-bond acceptors (Lipinski definition) is 3. The zero-order valence-corrected chi connectivity index (χ0v) is 10.7. The molecule has 19 heavy (non-hydrogen) atoms. The normalized spacial score (nSPS) is 11.0. The van der Waals surface area contributed by atoms with E-state index in [1.165, 1.54) is 0 Å². The van der Waals surface area contributed by atoms with Crippen molar-refractivity contribution >= 4 is 17.0 Å². The van der Waals surface area contributed by atoms with Gasteiger partial charge in [-0.05, 0) is 25.0 Å². The third-order valence-corrected chi connectivity index (χ3v) is 3.09. The number of nitrogens with zero attached hydrogens (tertiary/aromatic N) is 2. The van der Waals surface area contributed by atoms with Crippen molar-refractivity contribution in [3.05, 3.63) is 30.1 Å². The summed E-state index contributed by atoms with van der Waals surface area (Å²) in [7, 11) is 0. The van der Waals surface area contributed by atoms with Crippen molar-refractivity contribution in [2.45, 2.75) is 32.2 Å². The van der Waals surface area contributed by atoms with Gasteiger partial charge in [-0.25, -0.2) is 4.98 Å². The number of carboxylic acid groups (broad SMARTS) is 1. The molecule has 2 rings (SSSR count). The van der Waals surface area contributed by atoms with Crippen molar-refractivity contribution in [2.24, 2.45) is 0 Å². The van der Waals surface area contributed by atoms with Crippen LogP contribution in [0.25, 0.3) is 11.0 Å². The number of aliphatic carboxylic acids is 1. The molecule has 0 aliphatic carbocycles. The van der Waals surface area contributed by atoms with Crippen LogP contribution in [-0.4, -0.2) is 32.3 Å². The maximum absolute atomic E-state index is 10.7. The van der Waals surface area contributed by atoms with Crippen LogP contribution in [0.15, 0.2) is 24.3 Å². The molecule has 0 bridgehead atoms. The third-order valence-electron chi connectivity index (χ3n) is 3.09. The number of carboxylic acids is 1. The monoisotopic (exact) mass is 262 g/mol. The highest BCUT2D eigenvalue weighted by Crippen LogP contribution is 2.18. The highest BCUT2D eigenvalue weighted by atomic mass is 16.4.